The van der Waals surface area contributed by atoms with Crippen LogP contribution in [0.15, 0.2) is 18.2 Å². The zero-order chi connectivity index (χ0) is 21.3. The summed E-state index contributed by atoms with van der Waals surface area (Å²) < 4.78 is 10.6. The highest BCUT2D eigenvalue weighted by Gasteiger charge is 2.39. The minimum absolute atomic E-state index is 0.00192. The molecule has 0 radical (unpaired) electrons. The molecular weight excluding hydrogens is 386 g/mol. The topological polar surface area (TPSA) is 79.4 Å². The van der Waals surface area contributed by atoms with Crippen molar-refractivity contribution in [1.82, 2.24) is 9.80 Å². The van der Waals surface area contributed by atoms with Gasteiger partial charge in [-0.25, -0.2) is 0 Å². The van der Waals surface area contributed by atoms with Crippen LogP contribution in [0.1, 0.15) is 25.7 Å². The lowest BCUT2D eigenvalue weighted by molar-refractivity contribution is -0.145. The molecule has 3 amide bonds. The number of ether oxygens (including phenoxy) is 2. The molecule has 2 heterocycles. The summed E-state index contributed by atoms with van der Waals surface area (Å²) in [7, 11) is 3.11. The van der Waals surface area contributed by atoms with Gasteiger partial charge in [-0.15, -0.1) is 0 Å². The predicted octanol–water partition coefficient (Wildman–Crippen LogP) is 1.53. The van der Waals surface area contributed by atoms with Crippen molar-refractivity contribution in [2.24, 2.45) is 11.8 Å². The van der Waals surface area contributed by atoms with Crippen molar-refractivity contribution in [3.05, 3.63) is 18.2 Å². The Morgan fingerprint density at radius 3 is 2.03 bits per heavy atom. The first kappa shape index (κ1) is 20.5. The van der Waals surface area contributed by atoms with Crippen molar-refractivity contribution in [3.8, 4) is 11.5 Å². The van der Waals surface area contributed by atoms with Gasteiger partial charge in [0, 0.05) is 56.8 Å². The van der Waals surface area contributed by atoms with Crippen LogP contribution in [0.5, 0.6) is 11.5 Å². The number of hydrogen-bond acceptors (Lipinski definition) is 5. The third-order valence-electron chi connectivity index (χ3n) is 6.51. The SMILES string of the molecule is COc1ccc(N2CC(C(=O)N3CCN(C(=O)C4CCC4)CC3)CC2=O)cc1OC. The van der Waals surface area contributed by atoms with Crippen LogP contribution in [-0.2, 0) is 14.4 Å². The second-order valence-electron chi connectivity index (χ2n) is 8.22. The molecule has 1 atom stereocenters. The zero-order valence-electron chi connectivity index (χ0n) is 17.6. The number of methoxy groups -OCH3 is 2. The van der Waals surface area contributed by atoms with E-state index in [2.05, 4.69) is 0 Å². The third kappa shape index (κ3) is 3.82. The van der Waals surface area contributed by atoms with Gasteiger partial charge in [-0.05, 0) is 25.0 Å². The molecule has 30 heavy (non-hydrogen) atoms. The van der Waals surface area contributed by atoms with E-state index in [9.17, 15) is 14.4 Å². The van der Waals surface area contributed by atoms with Crippen LogP contribution in [0.25, 0.3) is 0 Å². The number of amides is 3. The molecule has 4 rings (SSSR count). The quantitative estimate of drug-likeness (QED) is 0.729. The van der Waals surface area contributed by atoms with Gasteiger partial charge in [-0.1, -0.05) is 6.42 Å². The van der Waals surface area contributed by atoms with E-state index in [-0.39, 0.29) is 36.0 Å². The minimum Gasteiger partial charge on any atom is -0.493 e. The molecule has 1 unspecified atom stereocenters. The molecule has 0 spiro atoms. The number of hydrogen-bond donors (Lipinski definition) is 0. The van der Waals surface area contributed by atoms with Crippen molar-refractivity contribution in [3.63, 3.8) is 0 Å². The van der Waals surface area contributed by atoms with Gasteiger partial charge in [0.1, 0.15) is 0 Å². The smallest absolute Gasteiger partial charge is 0.228 e. The highest BCUT2D eigenvalue weighted by Crippen LogP contribution is 2.34. The summed E-state index contributed by atoms with van der Waals surface area (Å²) in [5.74, 6) is 1.14. The molecule has 2 aliphatic heterocycles. The number of nitrogens with zero attached hydrogens (tertiary/aromatic N) is 3. The van der Waals surface area contributed by atoms with E-state index in [1.165, 1.54) is 0 Å². The van der Waals surface area contributed by atoms with Crippen LogP contribution in [0, 0.1) is 11.8 Å². The molecule has 162 valence electrons. The molecule has 1 aliphatic carbocycles. The molecule has 0 aromatic heterocycles. The van der Waals surface area contributed by atoms with Crippen LogP contribution in [-0.4, -0.2) is 74.5 Å². The Morgan fingerprint density at radius 1 is 0.900 bits per heavy atom. The van der Waals surface area contributed by atoms with Gasteiger partial charge in [0.05, 0.1) is 20.1 Å². The largest absolute Gasteiger partial charge is 0.493 e. The van der Waals surface area contributed by atoms with E-state index < -0.39 is 0 Å². The Morgan fingerprint density at radius 2 is 1.50 bits per heavy atom. The third-order valence-corrected chi connectivity index (χ3v) is 6.51. The fourth-order valence-electron chi connectivity index (χ4n) is 4.43. The number of rotatable bonds is 5. The average Bonchev–Trinajstić information content (AvgIpc) is 3.13. The van der Waals surface area contributed by atoms with Gasteiger partial charge in [-0.3, -0.25) is 14.4 Å². The summed E-state index contributed by atoms with van der Waals surface area (Å²) in [4.78, 5) is 43.4. The second kappa shape index (κ2) is 8.53. The molecular formula is C22H29N3O5. The molecule has 3 fully saturated rings. The van der Waals surface area contributed by atoms with Gasteiger partial charge in [0.15, 0.2) is 11.5 Å². The lowest BCUT2D eigenvalue weighted by atomic mass is 9.84. The minimum atomic E-state index is -0.362. The fraction of sp³-hybridized carbons (Fsp3) is 0.591. The predicted molar refractivity (Wildman–Crippen MR) is 111 cm³/mol. The Labute approximate surface area is 176 Å². The van der Waals surface area contributed by atoms with E-state index in [0.717, 1.165) is 19.3 Å². The van der Waals surface area contributed by atoms with Crippen LogP contribution in [0.3, 0.4) is 0 Å². The number of piperazine rings is 1. The monoisotopic (exact) mass is 415 g/mol. The second-order valence-corrected chi connectivity index (χ2v) is 8.22. The van der Waals surface area contributed by atoms with Gasteiger partial charge < -0.3 is 24.2 Å². The van der Waals surface area contributed by atoms with E-state index in [4.69, 9.17) is 9.47 Å². The lowest BCUT2D eigenvalue weighted by Gasteiger charge is -2.38. The van der Waals surface area contributed by atoms with Crippen LogP contribution >= 0.6 is 0 Å². The van der Waals surface area contributed by atoms with Gasteiger partial charge >= 0.3 is 0 Å². The number of benzene rings is 1. The first-order valence-corrected chi connectivity index (χ1v) is 10.6. The first-order chi connectivity index (χ1) is 14.5. The average molecular weight is 415 g/mol. The molecule has 1 aromatic carbocycles. The Bertz CT molecular complexity index is 830. The Hall–Kier alpha value is -2.77. The van der Waals surface area contributed by atoms with Gasteiger partial charge in [0.2, 0.25) is 17.7 Å². The van der Waals surface area contributed by atoms with Gasteiger partial charge in [-0.2, -0.15) is 0 Å². The summed E-state index contributed by atoms with van der Waals surface area (Å²) >= 11 is 0. The molecule has 1 saturated carbocycles. The molecule has 8 heteroatoms. The highest BCUT2D eigenvalue weighted by atomic mass is 16.5. The lowest BCUT2D eigenvalue weighted by Crippen LogP contribution is -2.53. The molecule has 1 aromatic rings. The zero-order valence-corrected chi connectivity index (χ0v) is 17.6. The molecule has 0 bridgehead atoms. The molecule has 2 saturated heterocycles. The first-order valence-electron chi connectivity index (χ1n) is 10.6. The maximum Gasteiger partial charge on any atom is 0.228 e. The molecule has 3 aliphatic rings. The van der Waals surface area contributed by atoms with Crippen molar-refractivity contribution in [2.45, 2.75) is 25.7 Å². The summed E-state index contributed by atoms with van der Waals surface area (Å²) in [5.41, 5.74) is 0.698. The van der Waals surface area contributed by atoms with Crippen LogP contribution in [0.4, 0.5) is 5.69 Å². The number of anilines is 1. The van der Waals surface area contributed by atoms with Crippen LogP contribution in [0.2, 0.25) is 0 Å². The fourth-order valence-corrected chi connectivity index (χ4v) is 4.43. The Kier molecular flexibility index (Phi) is 5.83. The van der Waals surface area contributed by atoms with E-state index in [1.54, 1.807) is 42.2 Å². The summed E-state index contributed by atoms with van der Waals surface area (Å²) in [6.45, 7) is 2.60. The van der Waals surface area contributed by atoms with Crippen molar-refractivity contribution in [1.29, 1.82) is 0 Å². The van der Waals surface area contributed by atoms with E-state index >= 15 is 0 Å². The van der Waals surface area contributed by atoms with Crippen molar-refractivity contribution in [2.75, 3.05) is 51.8 Å². The maximum atomic E-state index is 13.0. The van der Waals surface area contributed by atoms with Gasteiger partial charge in [0.25, 0.3) is 0 Å². The van der Waals surface area contributed by atoms with Crippen molar-refractivity contribution >= 4 is 23.4 Å². The number of carbonyl (C=O) groups excluding carboxylic acids is 3. The van der Waals surface area contributed by atoms with Crippen molar-refractivity contribution < 1.29 is 23.9 Å². The van der Waals surface area contributed by atoms with E-state index in [0.29, 0.717) is 49.9 Å². The highest BCUT2D eigenvalue weighted by molar-refractivity contribution is 6.00. The molecule has 0 N–H and O–H groups in total. The Balaban J connectivity index is 1.36. The van der Waals surface area contributed by atoms with E-state index in [1.807, 2.05) is 4.90 Å². The standard InChI is InChI=1S/C22H29N3O5/c1-29-18-7-6-17(13-19(18)30-2)25-14-16(12-20(25)26)22(28)24-10-8-23(9-11-24)21(27)15-4-3-5-15/h6-7,13,15-16H,3-5,8-12,14H2,1-2H3. The normalized spacial score (nSPS) is 22.1. The summed E-state index contributed by atoms with van der Waals surface area (Å²) in [6.07, 6.45) is 3.33. The maximum absolute atomic E-state index is 13.0. The molecule has 8 nitrogen and oxygen atoms in total. The number of carbonyl (C=O) groups is 3. The summed E-state index contributed by atoms with van der Waals surface area (Å²) in [6, 6.07) is 5.32. The van der Waals surface area contributed by atoms with Crippen LogP contribution < -0.4 is 14.4 Å². The summed E-state index contributed by atoms with van der Waals surface area (Å²) in [5, 5.41) is 0.